The molecule has 1 unspecified atom stereocenters. The number of hydrogen-bond acceptors (Lipinski definition) is 4. The van der Waals surface area contributed by atoms with Crippen molar-refractivity contribution >= 4 is 34.8 Å². The maximum absolute atomic E-state index is 11.9. The maximum Gasteiger partial charge on any atom is 0.271 e. The summed E-state index contributed by atoms with van der Waals surface area (Å²) in [5.74, 6) is -0.323. The van der Waals surface area contributed by atoms with E-state index in [0.717, 1.165) is 6.07 Å². The standard InChI is InChI=1S/C11H12Cl2N2O4/c1-19-6-9(5-12)14-11(16)7-2-8(13)4-10(3-7)15(17)18/h2-4,9H,5-6H2,1H3,(H,14,16). The zero-order valence-electron chi connectivity index (χ0n) is 10.1. The smallest absolute Gasteiger partial charge is 0.271 e. The second-order valence-electron chi connectivity index (χ2n) is 3.74. The summed E-state index contributed by atoms with van der Waals surface area (Å²) in [4.78, 5) is 22.0. The zero-order valence-corrected chi connectivity index (χ0v) is 11.6. The van der Waals surface area contributed by atoms with E-state index >= 15 is 0 Å². The van der Waals surface area contributed by atoms with E-state index in [2.05, 4.69) is 5.32 Å². The van der Waals surface area contributed by atoms with E-state index in [1.54, 1.807) is 0 Å². The molecule has 0 spiro atoms. The summed E-state index contributed by atoms with van der Waals surface area (Å²) in [7, 11) is 1.48. The number of nitro groups is 1. The Balaban J connectivity index is 2.90. The third kappa shape index (κ3) is 4.66. The number of benzene rings is 1. The summed E-state index contributed by atoms with van der Waals surface area (Å²) in [6.07, 6.45) is 0. The number of nitrogens with one attached hydrogen (secondary N) is 1. The van der Waals surface area contributed by atoms with Crippen LogP contribution in [0.3, 0.4) is 0 Å². The number of nitro benzene ring substituents is 1. The van der Waals surface area contributed by atoms with E-state index in [-0.39, 0.29) is 34.8 Å². The fraction of sp³-hybridized carbons (Fsp3) is 0.364. The summed E-state index contributed by atoms with van der Waals surface area (Å²) in [5, 5.41) is 13.4. The van der Waals surface area contributed by atoms with Gasteiger partial charge in [0.1, 0.15) is 0 Å². The van der Waals surface area contributed by atoms with Crippen LogP contribution in [0, 0.1) is 10.1 Å². The minimum atomic E-state index is -0.614. The number of carbonyl (C=O) groups is 1. The van der Waals surface area contributed by atoms with Gasteiger partial charge in [-0.3, -0.25) is 14.9 Å². The lowest BCUT2D eigenvalue weighted by atomic mass is 10.2. The molecule has 0 aromatic heterocycles. The number of hydrogen-bond donors (Lipinski definition) is 1. The molecule has 0 heterocycles. The number of alkyl halides is 1. The van der Waals surface area contributed by atoms with Crippen molar-refractivity contribution in [3.63, 3.8) is 0 Å². The van der Waals surface area contributed by atoms with Crippen molar-refractivity contribution in [2.45, 2.75) is 6.04 Å². The van der Waals surface area contributed by atoms with Gasteiger partial charge in [-0.1, -0.05) is 11.6 Å². The van der Waals surface area contributed by atoms with Crippen molar-refractivity contribution in [3.05, 3.63) is 38.9 Å². The highest BCUT2D eigenvalue weighted by Crippen LogP contribution is 2.20. The minimum absolute atomic E-state index is 0.102. The summed E-state index contributed by atoms with van der Waals surface area (Å²) < 4.78 is 4.88. The van der Waals surface area contributed by atoms with Crippen LogP contribution in [0.15, 0.2) is 18.2 Å². The van der Waals surface area contributed by atoms with Gasteiger partial charge >= 0.3 is 0 Å². The first-order valence-electron chi connectivity index (χ1n) is 5.28. The van der Waals surface area contributed by atoms with E-state index in [1.165, 1.54) is 19.2 Å². The van der Waals surface area contributed by atoms with Gasteiger partial charge in [0, 0.05) is 35.7 Å². The molecule has 1 rings (SSSR count). The molecule has 1 aromatic rings. The lowest BCUT2D eigenvalue weighted by Crippen LogP contribution is -2.39. The molecular weight excluding hydrogens is 295 g/mol. The molecule has 0 bridgehead atoms. The predicted molar refractivity (Wildman–Crippen MR) is 72.0 cm³/mol. The number of amides is 1. The van der Waals surface area contributed by atoms with Crippen molar-refractivity contribution in [2.24, 2.45) is 0 Å². The van der Waals surface area contributed by atoms with Gasteiger partial charge in [0.05, 0.1) is 17.6 Å². The average Bonchev–Trinajstić information content (AvgIpc) is 2.37. The third-order valence-electron chi connectivity index (χ3n) is 2.24. The molecule has 1 aromatic carbocycles. The quantitative estimate of drug-likeness (QED) is 0.496. The minimum Gasteiger partial charge on any atom is -0.383 e. The Kier molecular flexibility index (Phi) is 6.01. The van der Waals surface area contributed by atoms with E-state index in [1.807, 2.05) is 0 Å². The fourth-order valence-corrected chi connectivity index (χ4v) is 1.80. The first-order chi connectivity index (χ1) is 8.97. The second-order valence-corrected chi connectivity index (χ2v) is 4.48. The van der Waals surface area contributed by atoms with Gasteiger partial charge in [0.2, 0.25) is 0 Å². The number of halogens is 2. The number of non-ortho nitro benzene ring substituents is 1. The molecule has 0 aliphatic heterocycles. The SMILES string of the molecule is COCC(CCl)NC(=O)c1cc(Cl)cc([N+](=O)[O-])c1. The summed E-state index contributed by atoms with van der Waals surface area (Å²) >= 11 is 11.4. The molecular formula is C11H12Cl2N2O4. The third-order valence-corrected chi connectivity index (χ3v) is 2.84. The molecule has 0 fully saturated rings. The van der Waals surface area contributed by atoms with Crippen LogP contribution in [-0.4, -0.2) is 36.5 Å². The Morgan fingerprint density at radius 2 is 2.21 bits per heavy atom. The lowest BCUT2D eigenvalue weighted by molar-refractivity contribution is -0.384. The normalized spacial score (nSPS) is 11.9. The molecule has 0 radical (unpaired) electrons. The second kappa shape index (κ2) is 7.28. The van der Waals surface area contributed by atoms with Gasteiger partial charge in [-0.15, -0.1) is 11.6 Å². The van der Waals surface area contributed by atoms with Gasteiger partial charge < -0.3 is 10.1 Å². The highest BCUT2D eigenvalue weighted by molar-refractivity contribution is 6.31. The molecule has 6 nitrogen and oxygen atoms in total. The molecule has 0 aliphatic rings. The van der Waals surface area contributed by atoms with Gasteiger partial charge in [0.15, 0.2) is 0 Å². The Morgan fingerprint density at radius 3 is 2.74 bits per heavy atom. The Bertz CT molecular complexity index is 482. The molecule has 19 heavy (non-hydrogen) atoms. The molecule has 1 N–H and O–H groups in total. The van der Waals surface area contributed by atoms with Gasteiger partial charge in [-0.25, -0.2) is 0 Å². The maximum atomic E-state index is 11.9. The summed E-state index contributed by atoms with van der Waals surface area (Å²) in [6, 6.07) is 3.30. The van der Waals surface area contributed by atoms with Crippen LogP contribution in [0.4, 0.5) is 5.69 Å². The Hall–Kier alpha value is -1.37. The molecule has 1 amide bonds. The van der Waals surface area contributed by atoms with Crippen LogP contribution >= 0.6 is 23.2 Å². The number of ether oxygens (including phenoxy) is 1. The topological polar surface area (TPSA) is 81.5 Å². The van der Waals surface area contributed by atoms with Crippen LogP contribution in [0.25, 0.3) is 0 Å². The van der Waals surface area contributed by atoms with E-state index in [9.17, 15) is 14.9 Å². The van der Waals surface area contributed by atoms with E-state index in [4.69, 9.17) is 27.9 Å². The first kappa shape index (κ1) is 15.7. The number of rotatable bonds is 6. The fourth-order valence-electron chi connectivity index (χ4n) is 1.41. The largest absolute Gasteiger partial charge is 0.383 e. The molecule has 0 saturated heterocycles. The van der Waals surface area contributed by atoms with Crippen LogP contribution in [0.2, 0.25) is 5.02 Å². The lowest BCUT2D eigenvalue weighted by Gasteiger charge is -2.14. The molecule has 0 aliphatic carbocycles. The average molecular weight is 307 g/mol. The van der Waals surface area contributed by atoms with Crippen LogP contribution in [-0.2, 0) is 4.74 Å². The van der Waals surface area contributed by atoms with Gasteiger partial charge in [-0.05, 0) is 6.07 Å². The molecule has 0 saturated carbocycles. The number of carbonyl (C=O) groups excluding carboxylic acids is 1. The van der Waals surface area contributed by atoms with Crippen molar-refractivity contribution < 1.29 is 14.5 Å². The molecule has 8 heteroatoms. The van der Waals surface area contributed by atoms with E-state index in [0.29, 0.717) is 0 Å². The summed E-state index contributed by atoms with van der Waals surface area (Å²) in [5.41, 5.74) is -0.141. The summed E-state index contributed by atoms with van der Waals surface area (Å²) in [6.45, 7) is 0.248. The van der Waals surface area contributed by atoms with Crippen LogP contribution in [0.1, 0.15) is 10.4 Å². The van der Waals surface area contributed by atoms with Gasteiger partial charge in [0.25, 0.3) is 11.6 Å². The van der Waals surface area contributed by atoms with Crippen molar-refractivity contribution in [1.82, 2.24) is 5.32 Å². The van der Waals surface area contributed by atoms with Crippen LogP contribution in [0.5, 0.6) is 0 Å². The van der Waals surface area contributed by atoms with Crippen molar-refractivity contribution in [3.8, 4) is 0 Å². The van der Waals surface area contributed by atoms with Crippen molar-refractivity contribution in [1.29, 1.82) is 0 Å². The molecule has 104 valence electrons. The zero-order chi connectivity index (χ0) is 14.4. The Labute approximate surface area is 119 Å². The van der Waals surface area contributed by atoms with Crippen molar-refractivity contribution in [2.75, 3.05) is 19.6 Å². The van der Waals surface area contributed by atoms with Crippen LogP contribution < -0.4 is 5.32 Å². The Morgan fingerprint density at radius 1 is 1.53 bits per heavy atom. The number of nitrogens with zero attached hydrogens (tertiary/aromatic N) is 1. The highest BCUT2D eigenvalue weighted by Gasteiger charge is 2.17. The van der Waals surface area contributed by atoms with Gasteiger partial charge in [-0.2, -0.15) is 0 Å². The monoisotopic (exact) mass is 306 g/mol. The number of methoxy groups -OCH3 is 1. The predicted octanol–water partition coefficient (Wildman–Crippen LogP) is 2.23. The first-order valence-corrected chi connectivity index (χ1v) is 6.20. The highest BCUT2D eigenvalue weighted by atomic mass is 35.5. The molecule has 1 atom stereocenters. The van der Waals surface area contributed by atoms with E-state index < -0.39 is 10.8 Å².